The van der Waals surface area contributed by atoms with Crippen molar-refractivity contribution in [3.05, 3.63) is 41.5 Å². The van der Waals surface area contributed by atoms with Crippen LogP contribution in [0.3, 0.4) is 0 Å². The van der Waals surface area contributed by atoms with Gasteiger partial charge in [-0.15, -0.1) is 0 Å². The van der Waals surface area contributed by atoms with E-state index in [0.717, 1.165) is 5.56 Å². The van der Waals surface area contributed by atoms with Crippen LogP contribution in [0.2, 0.25) is 5.02 Å². The summed E-state index contributed by atoms with van der Waals surface area (Å²) >= 11 is 5.64. The first-order valence-corrected chi connectivity index (χ1v) is 3.37. The van der Waals surface area contributed by atoms with Crippen molar-refractivity contribution in [2.24, 2.45) is 0 Å². The van der Waals surface area contributed by atoms with Gasteiger partial charge in [0.2, 0.25) is 0 Å². The molecule has 0 amide bonds. The summed E-state index contributed by atoms with van der Waals surface area (Å²) in [5.74, 6) is 0. The maximum Gasteiger partial charge on any atom is 0.135 e. The molecule has 53 valence electrons. The van der Waals surface area contributed by atoms with E-state index in [1.54, 1.807) is 18.2 Å². The third-order valence-corrected chi connectivity index (χ3v) is 1.44. The molecule has 0 atom stereocenters. The van der Waals surface area contributed by atoms with Crippen molar-refractivity contribution in [3.8, 4) is 0 Å². The largest absolute Gasteiger partial charge is 0.244 e. The first-order chi connectivity index (χ1) is 4.83. The Kier molecular flexibility index (Phi) is 2.69. The lowest BCUT2D eigenvalue weighted by Crippen LogP contribution is -1.80. The smallest absolute Gasteiger partial charge is 0.135 e. The van der Waals surface area contributed by atoms with Gasteiger partial charge in [0.05, 0.1) is 0 Å². The van der Waals surface area contributed by atoms with Crippen molar-refractivity contribution < 1.29 is 4.39 Å². The van der Waals surface area contributed by atoms with Crippen LogP contribution in [-0.2, 0) is 6.42 Å². The molecule has 1 aromatic rings. The zero-order valence-corrected chi connectivity index (χ0v) is 6.11. The van der Waals surface area contributed by atoms with Crippen LogP contribution < -0.4 is 0 Å². The van der Waals surface area contributed by atoms with Gasteiger partial charge < -0.3 is 0 Å². The van der Waals surface area contributed by atoms with Crippen molar-refractivity contribution in [1.82, 2.24) is 0 Å². The van der Waals surface area contributed by atoms with E-state index < -0.39 is 0 Å². The monoisotopic (exact) mass is 157 g/mol. The number of halogens is 2. The molecular formula is C8H7ClF. The van der Waals surface area contributed by atoms with Gasteiger partial charge in [0.1, 0.15) is 6.67 Å². The van der Waals surface area contributed by atoms with Crippen molar-refractivity contribution in [3.63, 3.8) is 0 Å². The van der Waals surface area contributed by atoms with Crippen LogP contribution in [0.1, 0.15) is 5.56 Å². The Morgan fingerprint density at radius 3 is 2.90 bits per heavy atom. The van der Waals surface area contributed by atoms with Crippen LogP contribution in [-0.4, -0.2) is 0 Å². The Labute approximate surface area is 64.6 Å². The van der Waals surface area contributed by atoms with Gasteiger partial charge in [0.25, 0.3) is 0 Å². The fraction of sp³-hybridized carbons (Fsp3) is 0.125. The SMILES string of the molecule is F[CH]Cc1cccc(Cl)c1. The van der Waals surface area contributed by atoms with E-state index in [1.807, 2.05) is 6.07 Å². The van der Waals surface area contributed by atoms with E-state index in [9.17, 15) is 4.39 Å². The first-order valence-electron chi connectivity index (χ1n) is 2.99. The summed E-state index contributed by atoms with van der Waals surface area (Å²) in [5.41, 5.74) is 0.898. The van der Waals surface area contributed by atoms with Gasteiger partial charge in [-0.3, -0.25) is 0 Å². The highest BCUT2D eigenvalue weighted by Gasteiger charge is 1.92. The molecule has 10 heavy (non-hydrogen) atoms. The predicted octanol–water partition coefficient (Wildman–Crippen LogP) is 3.01. The molecule has 0 saturated heterocycles. The lowest BCUT2D eigenvalue weighted by Gasteiger charge is -1.95. The molecule has 0 N–H and O–H groups in total. The predicted molar refractivity (Wildman–Crippen MR) is 40.6 cm³/mol. The highest BCUT2D eigenvalue weighted by Crippen LogP contribution is 2.11. The Morgan fingerprint density at radius 2 is 2.30 bits per heavy atom. The van der Waals surface area contributed by atoms with E-state index in [0.29, 0.717) is 18.1 Å². The van der Waals surface area contributed by atoms with E-state index >= 15 is 0 Å². The van der Waals surface area contributed by atoms with Crippen molar-refractivity contribution in [2.75, 3.05) is 0 Å². The lowest BCUT2D eigenvalue weighted by molar-refractivity contribution is 0.599. The summed E-state index contributed by atoms with van der Waals surface area (Å²) in [6, 6.07) is 7.16. The van der Waals surface area contributed by atoms with Crippen LogP contribution >= 0.6 is 11.6 Å². The number of hydrogen-bond acceptors (Lipinski definition) is 0. The molecule has 1 radical (unpaired) electrons. The molecular weight excluding hydrogens is 151 g/mol. The third-order valence-electron chi connectivity index (χ3n) is 1.20. The average Bonchev–Trinajstić information content (AvgIpc) is 1.88. The van der Waals surface area contributed by atoms with Crippen molar-refractivity contribution in [1.29, 1.82) is 0 Å². The fourth-order valence-corrected chi connectivity index (χ4v) is 0.966. The molecule has 1 aromatic carbocycles. The minimum atomic E-state index is 0.334. The molecule has 0 unspecified atom stereocenters. The maximum atomic E-state index is 11.6. The van der Waals surface area contributed by atoms with Gasteiger partial charge >= 0.3 is 0 Å². The second-order valence-electron chi connectivity index (χ2n) is 1.99. The molecule has 0 bridgehead atoms. The van der Waals surface area contributed by atoms with E-state index in [1.165, 1.54) is 0 Å². The Bertz CT molecular complexity index is 210. The Hall–Kier alpha value is -0.560. The standard InChI is InChI=1S/C8H7ClF/c9-8-3-1-2-7(6-8)4-5-10/h1-3,5-6H,4H2. The van der Waals surface area contributed by atoms with Crippen molar-refractivity contribution in [2.45, 2.75) is 6.42 Å². The molecule has 0 spiro atoms. The highest BCUT2D eigenvalue weighted by molar-refractivity contribution is 6.30. The van der Waals surface area contributed by atoms with Crippen LogP contribution in [0.4, 0.5) is 4.39 Å². The highest BCUT2D eigenvalue weighted by atomic mass is 35.5. The first kappa shape index (κ1) is 7.55. The van der Waals surface area contributed by atoms with E-state index in [-0.39, 0.29) is 0 Å². The fourth-order valence-electron chi connectivity index (χ4n) is 0.753. The van der Waals surface area contributed by atoms with Crippen LogP contribution in [0, 0.1) is 6.67 Å². The molecule has 0 nitrogen and oxygen atoms in total. The third kappa shape index (κ3) is 1.99. The zero-order chi connectivity index (χ0) is 7.40. The zero-order valence-electron chi connectivity index (χ0n) is 5.35. The molecule has 0 aliphatic carbocycles. The van der Waals surface area contributed by atoms with Gasteiger partial charge in [-0.25, -0.2) is 4.39 Å². The number of hydrogen-bond donors (Lipinski definition) is 0. The van der Waals surface area contributed by atoms with Gasteiger partial charge in [-0.1, -0.05) is 23.7 Å². The molecule has 0 aliphatic rings. The van der Waals surface area contributed by atoms with Gasteiger partial charge in [-0.2, -0.15) is 0 Å². The number of rotatable bonds is 2. The quantitative estimate of drug-likeness (QED) is 0.619. The Balaban J connectivity index is 2.75. The number of benzene rings is 1. The lowest BCUT2D eigenvalue weighted by atomic mass is 10.2. The molecule has 0 heterocycles. The normalized spacial score (nSPS) is 9.80. The molecule has 0 aromatic heterocycles. The summed E-state index contributed by atoms with van der Waals surface area (Å²) in [7, 11) is 0. The molecule has 1 rings (SSSR count). The van der Waals surface area contributed by atoms with Gasteiger partial charge in [0, 0.05) is 11.4 Å². The topological polar surface area (TPSA) is 0 Å². The summed E-state index contributed by atoms with van der Waals surface area (Å²) in [6.07, 6.45) is 0.334. The summed E-state index contributed by atoms with van der Waals surface area (Å²) < 4.78 is 11.6. The minimum Gasteiger partial charge on any atom is -0.244 e. The molecule has 2 heteroatoms. The van der Waals surface area contributed by atoms with E-state index in [4.69, 9.17) is 11.6 Å². The second-order valence-corrected chi connectivity index (χ2v) is 2.42. The maximum absolute atomic E-state index is 11.6. The van der Waals surface area contributed by atoms with E-state index in [2.05, 4.69) is 0 Å². The van der Waals surface area contributed by atoms with Crippen LogP contribution in [0.25, 0.3) is 0 Å². The van der Waals surface area contributed by atoms with Crippen LogP contribution in [0.5, 0.6) is 0 Å². The second kappa shape index (κ2) is 3.57. The molecule has 0 aliphatic heterocycles. The molecule has 0 saturated carbocycles. The van der Waals surface area contributed by atoms with Gasteiger partial charge in [0.15, 0.2) is 0 Å². The minimum absolute atomic E-state index is 0.334. The summed E-state index contributed by atoms with van der Waals surface area (Å²) in [6.45, 7) is 0.617. The van der Waals surface area contributed by atoms with Gasteiger partial charge in [-0.05, 0) is 17.7 Å². The van der Waals surface area contributed by atoms with Crippen molar-refractivity contribution >= 4 is 11.6 Å². The molecule has 0 fully saturated rings. The average molecular weight is 158 g/mol. The Morgan fingerprint density at radius 1 is 1.50 bits per heavy atom. The van der Waals surface area contributed by atoms with Crippen LogP contribution in [0.15, 0.2) is 24.3 Å². The summed E-state index contributed by atoms with van der Waals surface area (Å²) in [4.78, 5) is 0. The summed E-state index contributed by atoms with van der Waals surface area (Å²) in [5, 5.41) is 0.652.